The van der Waals surface area contributed by atoms with Crippen molar-refractivity contribution in [2.45, 2.75) is 32.7 Å². The summed E-state index contributed by atoms with van der Waals surface area (Å²) in [6, 6.07) is 2.06. The molecule has 1 saturated heterocycles. The molecule has 1 aliphatic heterocycles. The van der Waals surface area contributed by atoms with Crippen molar-refractivity contribution in [2.75, 3.05) is 18.0 Å². The number of aryl methyl sites for hydroxylation is 1. The maximum Gasteiger partial charge on any atom is 0.133 e. The third-order valence-electron chi connectivity index (χ3n) is 4.50. The van der Waals surface area contributed by atoms with Gasteiger partial charge in [-0.15, -0.1) is 0 Å². The Kier molecular flexibility index (Phi) is 2.79. The molecule has 1 aromatic heterocycles. The Morgan fingerprint density at radius 1 is 1.35 bits per heavy atom. The molecule has 0 spiro atoms. The molecule has 3 nitrogen and oxygen atoms in total. The van der Waals surface area contributed by atoms with Gasteiger partial charge in [-0.1, -0.05) is 6.42 Å². The number of pyridine rings is 1. The first-order chi connectivity index (χ1) is 8.29. The number of aromatic nitrogens is 1. The summed E-state index contributed by atoms with van der Waals surface area (Å²) < 4.78 is 0. The maximum atomic E-state index is 5.87. The van der Waals surface area contributed by atoms with Crippen LogP contribution in [0, 0.1) is 18.8 Å². The molecule has 0 bridgehead atoms. The van der Waals surface area contributed by atoms with Crippen LogP contribution in [0.15, 0.2) is 12.3 Å². The van der Waals surface area contributed by atoms with Crippen LogP contribution in [0.3, 0.4) is 0 Å². The topological polar surface area (TPSA) is 42.2 Å². The molecule has 3 rings (SSSR count). The van der Waals surface area contributed by atoms with Crippen molar-refractivity contribution in [3.05, 3.63) is 23.4 Å². The summed E-state index contributed by atoms with van der Waals surface area (Å²) in [5, 5.41) is 0. The fourth-order valence-electron chi connectivity index (χ4n) is 3.51. The molecule has 1 aliphatic carbocycles. The summed E-state index contributed by atoms with van der Waals surface area (Å²) in [6.07, 6.45) is 6.15. The van der Waals surface area contributed by atoms with Gasteiger partial charge in [0, 0.05) is 31.4 Å². The molecule has 2 N–H and O–H groups in total. The van der Waals surface area contributed by atoms with E-state index in [2.05, 4.69) is 22.9 Å². The Balaban J connectivity index is 1.88. The van der Waals surface area contributed by atoms with Crippen molar-refractivity contribution in [2.24, 2.45) is 17.6 Å². The molecule has 2 atom stereocenters. The highest BCUT2D eigenvalue weighted by Crippen LogP contribution is 2.39. The summed E-state index contributed by atoms with van der Waals surface area (Å²) in [5.41, 5.74) is 8.37. The third kappa shape index (κ3) is 1.82. The van der Waals surface area contributed by atoms with Gasteiger partial charge in [0.15, 0.2) is 0 Å². The predicted octanol–water partition coefficient (Wildman–Crippen LogP) is 2.09. The van der Waals surface area contributed by atoms with Crippen molar-refractivity contribution in [3.8, 4) is 0 Å². The molecule has 1 aromatic rings. The number of anilines is 1. The van der Waals surface area contributed by atoms with Crippen LogP contribution in [0.5, 0.6) is 0 Å². The molecule has 0 aromatic carbocycles. The van der Waals surface area contributed by atoms with E-state index in [9.17, 15) is 0 Å². The molecule has 2 unspecified atom stereocenters. The van der Waals surface area contributed by atoms with Gasteiger partial charge in [0.1, 0.15) is 5.82 Å². The SMILES string of the molecule is Cc1ccnc(N2CC3CCCC3C2)c1CN. The molecule has 2 aliphatic rings. The van der Waals surface area contributed by atoms with E-state index in [1.807, 2.05) is 6.20 Å². The molecule has 0 amide bonds. The van der Waals surface area contributed by atoms with Gasteiger partial charge < -0.3 is 10.6 Å². The van der Waals surface area contributed by atoms with Crippen LogP contribution in [-0.2, 0) is 6.54 Å². The predicted molar refractivity (Wildman–Crippen MR) is 69.9 cm³/mol. The lowest BCUT2D eigenvalue weighted by atomic mass is 10.0. The van der Waals surface area contributed by atoms with Crippen LogP contribution in [0.25, 0.3) is 0 Å². The first-order valence-corrected chi connectivity index (χ1v) is 6.69. The number of rotatable bonds is 2. The van der Waals surface area contributed by atoms with Gasteiger partial charge in [-0.2, -0.15) is 0 Å². The molecular formula is C14H21N3. The first-order valence-electron chi connectivity index (χ1n) is 6.69. The molecule has 17 heavy (non-hydrogen) atoms. The smallest absolute Gasteiger partial charge is 0.133 e. The molecule has 1 saturated carbocycles. The van der Waals surface area contributed by atoms with Crippen molar-refractivity contribution >= 4 is 5.82 Å². The van der Waals surface area contributed by atoms with Crippen LogP contribution < -0.4 is 10.6 Å². The molecule has 92 valence electrons. The Hall–Kier alpha value is -1.09. The Labute approximate surface area is 103 Å². The van der Waals surface area contributed by atoms with Gasteiger partial charge in [0.05, 0.1) is 0 Å². The van der Waals surface area contributed by atoms with E-state index in [0.29, 0.717) is 6.54 Å². The highest BCUT2D eigenvalue weighted by atomic mass is 15.2. The zero-order chi connectivity index (χ0) is 11.8. The molecular weight excluding hydrogens is 210 g/mol. The quantitative estimate of drug-likeness (QED) is 0.847. The lowest BCUT2D eigenvalue weighted by molar-refractivity contribution is 0.494. The molecule has 2 heterocycles. The second kappa shape index (κ2) is 4.30. The Morgan fingerprint density at radius 3 is 2.71 bits per heavy atom. The highest BCUT2D eigenvalue weighted by Gasteiger charge is 2.37. The summed E-state index contributed by atoms with van der Waals surface area (Å²) in [4.78, 5) is 7.03. The first kappa shape index (κ1) is 11.0. The van der Waals surface area contributed by atoms with Crippen molar-refractivity contribution < 1.29 is 0 Å². The summed E-state index contributed by atoms with van der Waals surface area (Å²) in [5.74, 6) is 2.95. The minimum absolute atomic E-state index is 0.598. The van der Waals surface area contributed by atoms with Crippen LogP contribution in [0.4, 0.5) is 5.82 Å². The van der Waals surface area contributed by atoms with Crippen molar-refractivity contribution in [1.29, 1.82) is 0 Å². The summed E-state index contributed by atoms with van der Waals surface area (Å²) in [7, 11) is 0. The van der Waals surface area contributed by atoms with E-state index in [0.717, 1.165) is 17.7 Å². The number of nitrogens with two attached hydrogens (primary N) is 1. The Bertz CT molecular complexity index is 404. The number of hydrogen-bond donors (Lipinski definition) is 1. The van der Waals surface area contributed by atoms with Gasteiger partial charge in [-0.25, -0.2) is 4.98 Å². The van der Waals surface area contributed by atoms with E-state index in [1.54, 1.807) is 0 Å². The van der Waals surface area contributed by atoms with E-state index in [1.165, 1.54) is 43.5 Å². The van der Waals surface area contributed by atoms with Crippen LogP contribution in [0.2, 0.25) is 0 Å². The summed E-state index contributed by atoms with van der Waals surface area (Å²) in [6.45, 7) is 5.10. The van der Waals surface area contributed by atoms with Gasteiger partial charge in [0.2, 0.25) is 0 Å². The number of nitrogens with zero attached hydrogens (tertiary/aromatic N) is 2. The highest BCUT2D eigenvalue weighted by molar-refractivity contribution is 5.51. The van der Waals surface area contributed by atoms with E-state index in [4.69, 9.17) is 5.73 Å². The minimum Gasteiger partial charge on any atom is -0.356 e. The van der Waals surface area contributed by atoms with Crippen molar-refractivity contribution in [3.63, 3.8) is 0 Å². The molecule has 2 fully saturated rings. The third-order valence-corrected chi connectivity index (χ3v) is 4.50. The average molecular weight is 231 g/mol. The van der Waals surface area contributed by atoms with E-state index < -0.39 is 0 Å². The lowest BCUT2D eigenvalue weighted by Crippen LogP contribution is -2.24. The zero-order valence-corrected chi connectivity index (χ0v) is 10.5. The zero-order valence-electron chi connectivity index (χ0n) is 10.5. The van der Waals surface area contributed by atoms with Gasteiger partial charge >= 0.3 is 0 Å². The second-order valence-electron chi connectivity index (χ2n) is 5.49. The average Bonchev–Trinajstić information content (AvgIpc) is 2.88. The van der Waals surface area contributed by atoms with Gasteiger partial charge in [-0.3, -0.25) is 0 Å². The minimum atomic E-state index is 0.598. The van der Waals surface area contributed by atoms with Crippen LogP contribution >= 0.6 is 0 Å². The number of hydrogen-bond acceptors (Lipinski definition) is 3. The van der Waals surface area contributed by atoms with Gasteiger partial charge in [0.25, 0.3) is 0 Å². The standard InChI is InChI=1S/C14H21N3/c1-10-5-6-16-14(13(10)7-15)17-8-11-3-2-4-12(11)9-17/h5-6,11-12H,2-4,7-9,15H2,1H3. The van der Waals surface area contributed by atoms with Crippen LogP contribution in [0.1, 0.15) is 30.4 Å². The Morgan fingerprint density at radius 2 is 2.06 bits per heavy atom. The monoisotopic (exact) mass is 231 g/mol. The number of fused-ring (bicyclic) bond motifs is 1. The van der Waals surface area contributed by atoms with E-state index >= 15 is 0 Å². The second-order valence-corrected chi connectivity index (χ2v) is 5.49. The normalized spacial score (nSPS) is 27.5. The van der Waals surface area contributed by atoms with Crippen molar-refractivity contribution in [1.82, 2.24) is 4.98 Å². The molecule has 3 heteroatoms. The fourth-order valence-corrected chi connectivity index (χ4v) is 3.51. The lowest BCUT2D eigenvalue weighted by Gasteiger charge is -2.22. The maximum absolute atomic E-state index is 5.87. The van der Waals surface area contributed by atoms with Crippen LogP contribution in [-0.4, -0.2) is 18.1 Å². The largest absolute Gasteiger partial charge is 0.356 e. The fraction of sp³-hybridized carbons (Fsp3) is 0.643. The summed E-state index contributed by atoms with van der Waals surface area (Å²) >= 11 is 0. The molecule has 0 radical (unpaired) electrons. The van der Waals surface area contributed by atoms with Gasteiger partial charge in [-0.05, 0) is 43.2 Å². The van der Waals surface area contributed by atoms with E-state index in [-0.39, 0.29) is 0 Å².